The molecule has 0 aromatic carbocycles. The minimum atomic E-state index is -0.373. The molecule has 6 nitrogen and oxygen atoms in total. The molecule has 4 heterocycles. The van der Waals surface area contributed by atoms with Gasteiger partial charge >= 0.3 is 0 Å². The van der Waals surface area contributed by atoms with Gasteiger partial charge in [-0.05, 0) is 55.9 Å². The Labute approximate surface area is 164 Å². The Balaban J connectivity index is 1.67. The summed E-state index contributed by atoms with van der Waals surface area (Å²) in [6.07, 6.45) is 5.77. The van der Waals surface area contributed by atoms with E-state index in [9.17, 15) is 4.39 Å². The van der Waals surface area contributed by atoms with Gasteiger partial charge in [-0.3, -0.25) is 5.10 Å². The molecule has 1 aliphatic heterocycles. The van der Waals surface area contributed by atoms with E-state index in [1.165, 1.54) is 6.07 Å². The van der Waals surface area contributed by atoms with Gasteiger partial charge in [0.25, 0.3) is 0 Å². The number of nitrogens with two attached hydrogens (primary N) is 1. The van der Waals surface area contributed by atoms with E-state index in [4.69, 9.17) is 5.73 Å². The van der Waals surface area contributed by atoms with Crippen LogP contribution in [0.1, 0.15) is 39.5 Å². The lowest BCUT2D eigenvalue weighted by Gasteiger charge is -2.43. The van der Waals surface area contributed by atoms with Gasteiger partial charge in [0, 0.05) is 30.2 Å². The number of nitrogens with zero attached hydrogens (tertiary/aromatic N) is 4. The lowest BCUT2D eigenvalue weighted by molar-refractivity contribution is 0.219. The highest BCUT2D eigenvalue weighted by Crippen LogP contribution is 2.33. The summed E-state index contributed by atoms with van der Waals surface area (Å²) in [6.45, 7) is 6.08. The van der Waals surface area contributed by atoms with E-state index in [1.807, 2.05) is 12.1 Å². The first-order valence-electron chi connectivity index (χ1n) is 10.1. The maximum Gasteiger partial charge on any atom is 0.181 e. The molecule has 0 amide bonds. The molecule has 3 N–H and O–H groups in total. The molecule has 0 aliphatic carbocycles. The second-order valence-electron chi connectivity index (χ2n) is 7.70. The van der Waals surface area contributed by atoms with Crippen molar-refractivity contribution < 1.29 is 4.39 Å². The Morgan fingerprint density at radius 2 is 2.11 bits per heavy atom. The van der Waals surface area contributed by atoms with E-state index in [2.05, 4.69) is 38.9 Å². The van der Waals surface area contributed by atoms with E-state index in [0.29, 0.717) is 17.3 Å². The van der Waals surface area contributed by atoms with Gasteiger partial charge in [0.05, 0.1) is 5.69 Å². The van der Waals surface area contributed by atoms with Gasteiger partial charge in [-0.15, -0.1) is 0 Å². The van der Waals surface area contributed by atoms with Crippen LogP contribution < -0.4 is 10.6 Å². The van der Waals surface area contributed by atoms with Crippen molar-refractivity contribution in [3.05, 3.63) is 36.3 Å². The lowest BCUT2D eigenvalue weighted by atomic mass is 9.76. The summed E-state index contributed by atoms with van der Waals surface area (Å²) in [5.74, 6) is 0.813. The van der Waals surface area contributed by atoms with Gasteiger partial charge in [0.1, 0.15) is 11.5 Å². The number of nitrogens with one attached hydrogen (secondary N) is 1. The molecular formula is C21H27FN6. The fourth-order valence-electron chi connectivity index (χ4n) is 4.30. The molecule has 3 aromatic heterocycles. The standard InChI is InChI=1S/C21H27FN6/c1-3-21(23,4-2)14-7-6-12-28(13-14)17-10-9-16(22)19(25-17)18-15-8-5-11-24-20(15)27-26-18/h5,8-11,14H,3-4,6-7,12-13,23H2,1-2H3,(H,24,26,27). The maximum atomic E-state index is 14.6. The van der Waals surface area contributed by atoms with Crippen molar-refractivity contribution >= 4 is 16.9 Å². The van der Waals surface area contributed by atoms with E-state index < -0.39 is 0 Å². The van der Waals surface area contributed by atoms with Crippen LogP contribution in [0.25, 0.3) is 22.4 Å². The monoisotopic (exact) mass is 382 g/mol. The summed E-state index contributed by atoms with van der Waals surface area (Å²) in [6, 6.07) is 6.93. The Bertz CT molecular complexity index is 964. The fourth-order valence-corrected chi connectivity index (χ4v) is 4.30. The molecule has 0 radical (unpaired) electrons. The molecule has 1 unspecified atom stereocenters. The minimum absolute atomic E-state index is 0.160. The number of aromatic nitrogens is 4. The van der Waals surface area contributed by atoms with Crippen molar-refractivity contribution in [2.45, 2.75) is 45.1 Å². The Morgan fingerprint density at radius 1 is 1.29 bits per heavy atom. The van der Waals surface area contributed by atoms with Crippen LogP contribution in [0.5, 0.6) is 0 Å². The van der Waals surface area contributed by atoms with Gasteiger partial charge in [0.15, 0.2) is 11.5 Å². The largest absolute Gasteiger partial charge is 0.356 e. The van der Waals surface area contributed by atoms with Crippen molar-refractivity contribution in [1.82, 2.24) is 20.2 Å². The first kappa shape index (κ1) is 18.8. The second kappa shape index (κ2) is 7.47. The van der Waals surface area contributed by atoms with Crippen molar-refractivity contribution in [2.24, 2.45) is 11.7 Å². The molecule has 3 aromatic rings. The van der Waals surface area contributed by atoms with E-state index in [0.717, 1.165) is 50.0 Å². The number of aromatic amines is 1. The summed E-state index contributed by atoms with van der Waals surface area (Å²) < 4.78 is 14.6. The summed E-state index contributed by atoms with van der Waals surface area (Å²) in [5.41, 5.74) is 7.91. The van der Waals surface area contributed by atoms with Crippen LogP contribution in [0.4, 0.5) is 10.2 Å². The van der Waals surface area contributed by atoms with Crippen LogP contribution in [-0.2, 0) is 0 Å². The van der Waals surface area contributed by atoms with Gasteiger partial charge in [-0.2, -0.15) is 5.10 Å². The number of halogens is 1. The molecule has 4 rings (SSSR count). The third kappa shape index (κ3) is 3.24. The van der Waals surface area contributed by atoms with Gasteiger partial charge in [0.2, 0.25) is 0 Å². The van der Waals surface area contributed by atoms with Crippen LogP contribution in [-0.4, -0.2) is 38.8 Å². The number of pyridine rings is 2. The van der Waals surface area contributed by atoms with Crippen LogP contribution in [0.3, 0.4) is 0 Å². The van der Waals surface area contributed by atoms with Crippen molar-refractivity contribution in [1.29, 1.82) is 0 Å². The Hall–Kier alpha value is -2.54. The third-order valence-corrected chi connectivity index (χ3v) is 6.27. The second-order valence-corrected chi connectivity index (χ2v) is 7.70. The van der Waals surface area contributed by atoms with Crippen LogP contribution >= 0.6 is 0 Å². The van der Waals surface area contributed by atoms with Crippen molar-refractivity contribution in [2.75, 3.05) is 18.0 Å². The molecule has 0 saturated carbocycles. The summed E-state index contributed by atoms with van der Waals surface area (Å²) in [4.78, 5) is 11.1. The number of rotatable bonds is 5. The fraction of sp³-hybridized carbons (Fsp3) is 0.476. The molecule has 0 spiro atoms. The highest BCUT2D eigenvalue weighted by molar-refractivity contribution is 5.89. The Kier molecular flexibility index (Phi) is 5.02. The van der Waals surface area contributed by atoms with Crippen LogP contribution in [0.15, 0.2) is 30.5 Å². The van der Waals surface area contributed by atoms with Gasteiger partial charge in [-0.1, -0.05) is 13.8 Å². The molecule has 1 fully saturated rings. The zero-order valence-corrected chi connectivity index (χ0v) is 16.5. The molecule has 7 heteroatoms. The number of fused-ring (bicyclic) bond motifs is 1. The molecule has 148 valence electrons. The first-order chi connectivity index (χ1) is 13.6. The van der Waals surface area contributed by atoms with Crippen LogP contribution in [0, 0.1) is 11.7 Å². The predicted octanol–water partition coefficient (Wildman–Crippen LogP) is 3.89. The quantitative estimate of drug-likeness (QED) is 0.699. The van der Waals surface area contributed by atoms with Crippen molar-refractivity contribution in [3.63, 3.8) is 0 Å². The van der Waals surface area contributed by atoms with Gasteiger partial charge in [-0.25, -0.2) is 14.4 Å². The van der Waals surface area contributed by atoms with Crippen molar-refractivity contribution in [3.8, 4) is 11.4 Å². The number of hydrogen-bond acceptors (Lipinski definition) is 5. The average Bonchev–Trinajstić information content (AvgIpc) is 3.17. The van der Waals surface area contributed by atoms with Crippen LogP contribution in [0.2, 0.25) is 0 Å². The Morgan fingerprint density at radius 3 is 2.89 bits per heavy atom. The van der Waals surface area contributed by atoms with E-state index in [1.54, 1.807) is 12.3 Å². The summed E-state index contributed by atoms with van der Waals surface area (Å²) >= 11 is 0. The third-order valence-electron chi connectivity index (χ3n) is 6.27. The zero-order chi connectivity index (χ0) is 19.7. The summed E-state index contributed by atoms with van der Waals surface area (Å²) in [7, 11) is 0. The molecule has 1 atom stereocenters. The molecular weight excluding hydrogens is 355 g/mol. The van der Waals surface area contributed by atoms with E-state index in [-0.39, 0.29) is 17.1 Å². The normalized spacial score (nSPS) is 18.0. The lowest BCUT2D eigenvalue weighted by Crippen LogP contribution is -2.53. The SMILES string of the molecule is CCC(N)(CC)C1CCCN(c2ccc(F)c(-c3[nH]nc4ncccc34)n2)C1. The highest BCUT2D eigenvalue weighted by Gasteiger charge is 2.35. The van der Waals surface area contributed by atoms with Gasteiger partial charge < -0.3 is 10.6 Å². The average molecular weight is 382 g/mol. The minimum Gasteiger partial charge on any atom is -0.356 e. The molecule has 1 aliphatic rings. The molecule has 0 bridgehead atoms. The summed E-state index contributed by atoms with van der Waals surface area (Å²) in [5, 5.41) is 7.84. The zero-order valence-electron chi connectivity index (χ0n) is 16.5. The maximum absolute atomic E-state index is 14.6. The molecule has 1 saturated heterocycles. The number of H-pyrrole nitrogens is 1. The number of piperidine rings is 1. The smallest absolute Gasteiger partial charge is 0.181 e. The predicted molar refractivity (Wildman–Crippen MR) is 110 cm³/mol. The number of anilines is 1. The first-order valence-corrected chi connectivity index (χ1v) is 10.1. The molecule has 28 heavy (non-hydrogen) atoms. The van der Waals surface area contributed by atoms with E-state index >= 15 is 0 Å². The topological polar surface area (TPSA) is 83.7 Å². The highest BCUT2D eigenvalue weighted by atomic mass is 19.1. The number of hydrogen-bond donors (Lipinski definition) is 2.